The van der Waals surface area contributed by atoms with Crippen LogP contribution in [0.5, 0.6) is 11.5 Å². The van der Waals surface area contributed by atoms with Gasteiger partial charge in [-0.3, -0.25) is 4.57 Å². The first-order valence-electron chi connectivity index (χ1n) is 23.7. The lowest BCUT2D eigenvalue weighted by atomic mass is 9.78. The lowest BCUT2D eigenvalue weighted by Gasteiger charge is -2.30. The molecule has 5 heteroatoms. The summed E-state index contributed by atoms with van der Waals surface area (Å²) in [5, 5.41) is 2.34. The van der Waals surface area contributed by atoms with Gasteiger partial charge in [0.2, 0.25) is 0 Å². The first-order valence-corrected chi connectivity index (χ1v) is 23.7. The molecular formula is C62H62N4O. The number of nitrogens with zero attached hydrogens (tertiary/aromatic N) is 4. The average molecular weight is 879 g/mol. The van der Waals surface area contributed by atoms with Gasteiger partial charge in [0.1, 0.15) is 24.0 Å². The Balaban J connectivity index is 1.09. The van der Waals surface area contributed by atoms with E-state index in [0.717, 1.165) is 45.1 Å². The van der Waals surface area contributed by atoms with E-state index in [1.54, 1.807) is 0 Å². The number of rotatable bonds is 9. The Morgan fingerprint density at radius 3 is 1.64 bits per heavy atom. The molecule has 3 heterocycles. The minimum atomic E-state index is -0.327. The number of benzene rings is 7. The van der Waals surface area contributed by atoms with E-state index in [9.17, 15) is 0 Å². The fraction of sp³-hybridized carbons (Fsp3) is 0.242. The Morgan fingerprint density at radius 1 is 0.403 bits per heavy atom. The first kappa shape index (κ1) is 43.8. The van der Waals surface area contributed by atoms with E-state index >= 15 is 0 Å². The van der Waals surface area contributed by atoms with E-state index < -0.39 is 0 Å². The molecule has 67 heavy (non-hydrogen) atoms. The van der Waals surface area contributed by atoms with Crippen LogP contribution in [0.15, 0.2) is 182 Å². The molecule has 336 valence electrons. The molecule has 1 aliphatic heterocycles. The molecule has 7 aromatic carbocycles. The van der Waals surface area contributed by atoms with Gasteiger partial charge in [0.25, 0.3) is 0 Å². The number of para-hydroxylation sites is 1. The maximum atomic E-state index is 7.11. The number of anilines is 4. The normalized spacial score (nSPS) is 13.4. The van der Waals surface area contributed by atoms with Crippen molar-refractivity contribution in [3.05, 3.63) is 216 Å². The third kappa shape index (κ3) is 8.05. The summed E-state index contributed by atoms with van der Waals surface area (Å²) in [7, 11) is 0. The van der Waals surface area contributed by atoms with Crippen molar-refractivity contribution >= 4 is 44.6 Å². The van der Waals surface area contributed by atoms with E-state index in [4.69, 9.17) is 9.72 Å². The molecule has 1 aliphatic rings. The molecule has 5 nitrogen and oxygen atoms in total. The average Bonchev–Trinajstić information content (AvgIpc) is 3.87. The second-order valence-corrected chi connectivity index (χ2v) is 21.5. The number of aromatic nitrogens is 2. The molecule has 0 saturated heterocycles. The fourth-order valence-electron chi connectivity index (χ4n) is 9.83. The quantitative estimate of drug-likeness (QED) is 0.145. The van der Waals surface area contributed by atoms with Crippen molar-refractivity contribution < 1.29 is 4.74 Å². The zero-order valence-corrected chi connectivity index (χ0v) is 40.7. The van der Waals surface area contributed by atoms with E-state index in [1.807, 2.05) is 6.20 Å². The van der Waals surface area contributed by atoms with Crippen molar-refractivity contribution in [3.8, 4) is 17.3 Å². The monoisotopic (exact) mass is 878 g/mol. The van der Waals surface area contributed by atoms with Gasteiger partial charge in [0.15, 0.2) is 0 Å². The molecule has 9 aromatic rings. The van der Waals surface area contributed by atoms with Crippen LogP contribution in [-0.2, 0) is 21.7 Å². The second kappa shape index (κ2) is 16.3. The van der Waals surface area contributed by atoms with Gasteiger partial charge in [-0.05, 0) is 111 Å². The SMILES string of the molecule is CC(C)(C)c1ccnc(-n2c3ccccc3c3ccc(Oc4cc(N5CN(c6ccc(C(C)(C)c7ccccc7)cc6)c6ccc(C(C)(C)C)cc65)cc(C(C)(C)c5ccccc5)c4)cc32)c1. The van der Waals surface area contributed by atoms with E-state index in [1.165, 1.54) is 50.1 Å². The Kier molecular flexibility index (Phi) is 10.7. The number of hydrogen-bond acceptors (Lipinski definition) is 4. The third-order valence-electron chi connectivity index (χ3n) is 14.2. The van der Waals surface area contributed by atoms with Crippen LogP contribution >= 0.6 is 0 Å². The van der Waals surface area contributed by atoms with Gasteiger partial charge in [0, 0.05) is 51.3 Å². The van der Waals surface area contributed by atoms with Crippen molar-refractivity contribution in [1.82, 2.24) is 9.55 Å². The van der Waals surface area contributed by atoms with Crippen LogP contribution < -0.4 is 14.5 Å². The Hall–Kier alpha value is -7.11. The van der Waals surface area contributed by atoms with Gasteiger partial charge in [-0.15, -0.1) is 0 Å². The summed E-state index contributed by atoms with van der Waals surface area (Å²) in [4.78, 5) is 9.86. The summed E-state index contributed by atoms with van der Waals surface area (Å²) in [6.07, 6.45) is 1.93. The summed E-state index contributed by atoms with van der Waals surface area (Å²) in [5.74, 6) is 2.44. The smallest absolute Gasteiger partial charge is 0.137 e. The predicted octanol–water partition coefficient (Wildman–Crippen LogP) is 16.5. The van der Waals surface area contributed by atoms with Crippen LogP contribution in [0, 0.1) is 0 Å². The molecule has 0 aliphatic carbocycles. The molecule has 0 radical (unpaired) electrons. The molecule has 2 aromatic heterocycles. The maximum Gasteiger partial charge on any atom is 0.137 e. The largest absolute Gasteiger partial charge is 0.457 e. The highest BCUT2D eigenvalue weighted by Crippen LogP contribution is 2.49. The Bertz CT molecular complexity index is 3260. The van der Waals surface area contributed by atoms with Crippen LogP contribution in [0.2, 0.25) is 0 Å². The zero-order chi connectivity index (χ0) is 46.9. The molecule has 0 saturated carbocycles. The van der Waals surface area contributed by atoms with Gasteiger partial charge < -0.3 is 14.5 Å². The van der Waals surface area contributed by atoms with E-state index in [0.29, 0.717) is 6.67 Å². The van der Waals surface area contributed by atoms with Crippen LogP contribution in [0.3, 0.4) is 0 Å². The molecule has 0 N–H and O–H groups in total. The number of ether oxygens (including phenoxy) is 1. The highest BCUT2D eigenvalue weighted by atomic mass is 16.5. The summed E-state index contributed by atoms with van der Waals surface area (Å²) in [5.41, 5.74) is 13.8. The third-order valence-corrected chi connectivity index (χ3v) is 14.2. The summed E-state index contributed by atoms with van der Waals surface area (Å²) in [6, 6.07) is 64.1. The molecule has 0 unspecified atom stereocenters. The van der Waals surface area contributed by atoms with Gasteiger partial charge in [-0.2, -0.15) is 0 Å². The fourth-order valence-corrected chi connectivity index (χ4v) is 9.83. The van der Waals surface area contributed by atoms with Crippen LogP contribution in [0.1, 0.15) is 103 Å². The minimum Gasteiger partial charge on any atom is -0.457 e. The van der Waals surface area contributed by atoms with Gasteiger partial charge in [-0.1, -0.05) is 166 Å². The predicted molar refractivity (Wildman–Crippen MR) is 282 cm³/mol. The molecule has 0 fully saturated rings. The topological polar surface area (TPSA) is 33.5 Å². The maximum absolute atomic E-state index is 7.11. The first-order chi connectivity index (χ1) is 32.0. The van der Waals surface area contributed by atoms with Gasteiger partial charge in [-0.25, -0.2) is 4.98 Å². The van der Waals surface area contributed by atoms with Crippen molar-refractivity contribution in [2.24, 2.45) is 0 Å². The standard InChI is InChI=1S/C62H62N4O/c1-59(2,3)45-27-32-55-57(37-45)65(41-64(55)48-28-25-44(26-29-48)61(7,8)42-19-13-11-14-20-42)49-35-47(62(9,10)43-21-15-12-16-22-43)36-51(39-49)67-50-30-31-53-52-23-17-18-24-54(52)66(56(53)40-50)58-38-46(33-34-63-58)60(4,5)6/h11-40H,41H2,1-10H3. The highest BCUT2D eigenvalue weighted by molar-refractivity contribution is 6.09. The van der Waals surface area contributed by atoms with Gasteiger partial charge >= 0.3 is 0 Å². The van der Waals surface area contributed by atoms with Crippen molar-refractivity contribution in [2.75, 3.05) is 16.5 Å². The molecular weight excluding hydrogens is 817 g/mol. The summed E-state index contributed by atoms with van der Waals surface area (Å²) >= 11 is 0. The molecule has 0 spiro atoms. The minimum absolute atomic E-state index is 0.0213. The van der Waals surface area contributed by atoms with Crippen LogP contribution in [0.25, 0.3) is 27.6 Å². The van der Waals surface area contributed by atoms with Crippen molar-refractivity contribution in [2.45, 2.75) is 90.9 Å². The number of hydrogen-bond donors (Lipinski definition) is 0. The number of fused-ring (bicyclic) bond motifs is 4. The summed E-state index contributed by atoms with van der Waals surface area (Å²) in [6.45, 7) is 23.5. The second-order valence-electron chi connectivity index (χ2n) is 21.5. The van der Waals surface area contributed by atoms with Crippen molar-refractivity contribution in [1.29, 1.82) is 0 Å². The van der Waals surface area contributed by atoms with Crippen LogP contribution in [0.4, 0.5) is 22.7 Å². The van der Waals surface area contributed by atoms with E-state index in [-0.39, 0.29) is 21.7 Å². The molecule has 0 amide bonds. The van der Waals surface area contributed by atoms with Gasteiger partial charge in [0.05, 0.1) is 22.4 Å². The zero-order valence-electron chi connectivity index (χ0n) is 40.7. The summed E-state index contributed by atoms with van der Waals surface area (Å²) < 4.78 is 9.39. The molecule has 0 bridgehead atoms. The Morgan fingerprint density at radius 2 is 0.970 bits per heavy atom. The lowest BCUT2D eigenvalue weighted by molar-refractivity contribution is 0.480. The molecule has 0 atom stereocenters. The number of pyridine rings is 1. The van der Waals surface area contributed by atoms with Crippen molar-refractivity contribution in [3.63, 3.8) is 0 Å². The van der Waals surface area contributed by atoms with Crippen LogP contribution in [-0.4, -0.2) is 16.2 Å². The Labute approximate surface area is 397 Å². The highest BCUT2D eigenvalue weighted by Gasteiger charge is 2.33. The molecule has 10 rings (SSSR count). The van der Waals surface area contributed by atoms with E-state index in [2.05, 4.69) is 260 Å². The lowest BCUT2D eigenvalue weighted by Crippen LogP contribution is -2.25.